The monoisotopic (exact) mass is 207 g/mol. The molecular formula is C12H17NO2. The average Bonchev–Trinajstić information content (AvgIpc) is 2.55. The van der Waals surface area contributed by atoms with E-state index < -0.39 is 6.10 Å². The van der Waals surface area contributed by atoms with Crippen LogP contribution in [-0.2, 0) is 6.42 Å². The maximum absolute atomic E-state index is 9.47. The van der Waals surface area contributed by atoms with Gasteiger partial charge < -0.3 is 15.1 Å². The number of anilines is 1. The van der Waals surface area contributed by atoms with Crippen molar-refractivity contribution in [1.82, 2.24) is 0 Å². The summed E-state index contributed by atoms with van der Waals surface area (Å²) in [5.74, 6) is 0. The Morgan fingerprint density at radius 2 is 2.20 bits per heavy atom. The highest BCUT2D eigenvalue weighted by Gasteiger charge is 2.26. The van der Waals surface area contributed by atoms with Crippen molar-refractivity contribution in [3.05, 3.63) is 29.8 Å². The molecule has 0 spiro atoms. The average molecular weight is 207 g/mol. The van der Waals surface area contributed by atoms with Crippen LogP contribution in [-0.4, -0.2) is 35.5 Å². The van der Waals surface area contributed by atoms with Crippen LogP contribution in [0.15, 0.2) is 24.3 Å². The Bertz CT molecular complexity index is 340. The van der Waals surface area contributed by atoms with E-state index in [9.17, 15) is 5.11 Å². The van der Waals surface area contributed by atoms with Gasteiger partial charge in [0.25, 0.3) is 0 Å². The zero-order valence-corrected chi connectivity index (χ0v) is 8.93. The van der Waals surface area contributed by atoms with Crippen molar-refractivity contribution in [3.8, 4) is 0 Å². The summed E-state index contributed by atoms with van der Waals surface area (Å²) in [7, 11) is 0. The molecule has 3 nitrogen and oxygen atoms in total. The molecule has 0 fully saturated rings. The Hall–Kier alpha value is -1.06. The number of fused-ring (bicyclic) bond motifs is 1. The fraction of sp³-hybridized carbons (Fsp3) is 0.500. The van der Waals surface area contributed by atoms with Crippen LogP contribution < -0.4 is 4.90 Å². The molecule has 1 heterocycles. The second-order valence-corrected chi connectivity index (χ2v) is 4.17. The molecule has 1 aliphatic heterocycles. The molecule has 2 rings (SSSR count). The van der Waals surface area contributed by atoms with Gasteiger partial charge in [-0.2, -0.15) is 0 Å². The highest BCUT2D eigenvalue weighted by atomic mass is 16.3. The van der Waals surface area contributed by atoms with Crippen molar-refractivity contribution in [2.45, 2.75) is 25.5 Å². The fourth-order valence-corrected chi connectivity index (χ4v) is 2.19. The van der Waals surface area contributed by atoms with E-state index in [4.69, 9.17) is 5.11 Å². The molecule has 2 atom stereocenters. The van der Waals surface area contributed by atoms with E-state index in [-0.39, 0.29) is 6.61 Å². The lowest BCUT2D eigenvalue weighted by Gasteiger charge is -2.26. The van der Waals surface area contributed by atoms with Crippen molar-refractivity contribution in [3.63, 3.8) is 0 Å². The lowest BCUT2D eigenvalue weighted by atomic mass is 10.1. The number of hydrogen-bond donors (Lipinski definition) is 2. The minimum atomic E-state index is -0.654. The van der Waals surface area contributed by atoms with E-state index >= 15 is 0 Å². The molecule has 2 N–H and O–H groups in total. The molecule has 0 bridgehead atoms. The molecule has 1 aliphatic rings. The number of rotatable bonds is 3. The molecule has 2 unspecified atom stereocenters. The fourth-order valence-electron chi connectivity index (χ4n) is 2.19. The SMILES string of the molecule is CC1Cc2ccccc2N1CC(O)CO. The van der Waals surface area contributed by atoms with Crippen molar-refractivity contribution in [2.75, 3.05) is 18.1 Å². The summed E-state index contributed by atoms with van der Waals surface area (Å²) in [5.41, 5.74) is 2.52. The van der Waals surface area contributed by atoms with E-state index in [0.29, 0.717) is 12.6 Å². The molecule has 0 aliphatic carbocycles. The van der Waals surface area contributed by atoms with Crippen LogP contribution in [0.1, 0.15) is 12.5 Å². The van der Waals surface area contributed by atoms with Crippen molar-refractivity contribution in [1.29, 1.82) is 0 Å². The Labute approximate surface area is 90.0 Å². The van der Waals surface area contributed by atoms with Gasteiger partial charge in [0, 0.05) is 18.3 Å². The van der Waals surface area contributed by atoms with Crippen molar-refractivity contribution >= 4 is 5.69 Å². The second kappa shape index (κ2) is 4.21. The molecular weight excluding hydrogens is 190 g/mol. The highest BCUT2D eigenvalue weighted by molar-refractivity contribution is 5.59. The van der Waals surface area contributed by atoms with Crippen LogP contribution >= 0.6 is 0 Å². The van der Waals surface area contributed by atoms with Crippen LogP contribution in [0, 0.1) is 0 Å². The topological polar surface area (TPSA) is 43.7 Å². The second-order valence-electron chi connectivity index (χ2n) is 4.17. The number of hydrogen-bond acceptors (Lipinski definition) is 3. The van der Waals surface area contributed by atoms with Gasteiger partial charge in [-0.1, -0.05) is 18.2 Å². The molecule has 82 valence electrons. The number of aliphatic hydroxyl groups excluding tert-OH is 2. The van der Waals surface area contributed by atoms with Gasteiger partial charge in [-0.25, -0.2) is 0 Å². The number of aliphatic hydroxyl groups is 2. The van der Waals surface area contributed by atoms with Crippen molar-refractivity contribution in [2.24, 2.45) is 0 Å². The minimum absolute atomic E-state index is 0.175. The maximum Gasteiger partial charge on any atom is 0.0945 e. The molecule has 1 aromatic carbocycles. The number of nitrogens with zero attached hydrogens (tertiary/aromatic N) is 1. The summed E-state index contributed by atoms with van der Waals surface area (Å²) in [6, 6.07) is 8.65. The van der Waals surface area contributed by atoms with Gasteiger partial charge in [-0.15, -0.1) is 0 Å². The van der Waals surface area contributed by atoms with E-state index in [1.165, 1.54) is 11.3 Å². The van der Waals surface area contributed by atoms with Gasteiger partial charge in [0.2, 0.25) is 0 Å². The molecule has 1 aromatic rings. The lowest BCUT2D eigenvalue weighted by molar-refractivity contribution is 0.0990. The van der Waals surface area contributed by atoms with Crippen LogP contribution in [0.3, 0.4) is 0 Å². The highest BCUT2D eigenvalue weighted by Crippen LogP contribution is 2.31. The molecule has 0 saturated heterocycles. The van der Waals surface area contributed by atoms with Crippen LogP contribution in [0.25, 0.3) is 0 Å². The molecule has 0 radical (unpaired) electrons. The minimum Gasteiger partial charge on any atom is -0.394 e. The first kappa shape index (κ1) is 10.5. The molecule has 0 aromatic heterocycles. The van der Waals surface area contributed by atoms with Gasteiger partial charge in [0.1, 0.15) is 0 Å². The number of benzene rings is 1. The summed E-state index contributed by atoms with van der Waals surface area (Å²) in [6.07, 6.45) is 0.368. The Balaban J connectivity index is 2.18. The summed E-state index contributed by atoms with van der Waals surface area (Å²) in [5, 5.41) is 18.3. The maximum atomic E-state index is 9.47. The summed E-state index contributed by atoms with van der Waals surface area (Å²) in [4.78, 5) is 2.16. The Morgan fingerprint density at radius 3 is 2.93 bits per heavy atom. The summed E-state index contributed by atoms with van der Waals surface area (Å²) < 4.78 is 0. The van der Waals surface area contributed by atoms with E-state index in [1.54, 1.807) is 0 Å². The molecule has 3 heteroatoms. The van der Waals surface area contributed by atoms with Crippen LogP contribution in [0.5, 0.6) is 0 Å². The molecule has 0 amide bonds. The van der Waals surface area contributed by atoms with Gasteiger partial charge in [-0.3, -0.25) is 0 Å². The normalized spacial score (nSPS) is 21.5. The quantitative estimate of drug-likeness (QED) is 0.770. The van der Waals surface area contributed by atoms with Crippen molar-refractivity contribution < 1.29 is 10.2 Å². The van der Waals surface area contributed by atoms with Crippen LogP contribution in [0.4, 0.5) is 5.69 Å². The largest absolute Gasteiger partial charge is 0.394 e. The third-order valence-electron chi connectivity index (χ3n) is 2.97. The summed E-state index contributed by atoms with van der Waals surface area (Å²) in [6.45, 7) is 2.48. The zero-order valence-electron chi connectivity index (χ0n) is 8.93. The van der Waals surface area contributed by atoms with E-state index in [0.717, 1.165) is 6.42 Å². The first-order valence-electron chi connectivity index (χ1n) is 5.36. The Morgan fingerprint density at radius 1 is 1.47 bits per heavy atom. The van der Waals surface area contributed by atoms with E-state index in [2.05, 4.69) is 24.0 Å². The first-order chi connectivity index (χ1) is 7.22. The summed E-state index contributed by atoms with van der Waals surface area (Å²) >= 11 is 0. The number of β-amino-alcohol motifs (C(OH)–C–C–N with tert-alkyl or cyclic N) is 1. The standard InChI is InChI=1S/C12H17NO2/c1-9-6-10-4-2-3-5-12(10)13(9)7-11(15)8-14/h2-5,9,11,14-15H,6-8H2,1H3. The van der Waals surface area contributed by atoms with Gasteiger partial charge in [0.15, 0.2) is 0 Å². The molecule has 0 saturated carbocycles. The van der Waals surface area contributed by atoms with Crippen LogP contribution in [0.2, 0.25) is 0 Å². The lowest BCUT2D eigenvalue weighted by Crippen LogP contribution is -2.37. The zero-order chi connectivity index (χ0) is 10.8. The smallest absolute Gasteiger partial charge is 0.0945 e. The molecule has 15 heavy (non-hydrogen) atoms. The van der Waals surface area contributed by atoms with Gasteiger partial charge >= 0.3 is 0 Å². The third kappa shape index (κ3) is 1.98. The van der Waals surface area contributed by atoms with Gasteiger partial charge in [-0.05, 0) is 25.0 Å². The Kier molecular flexibility index (Phi) is 2.93. The first-order valence-corrected chi connectivity index (χ1v) is 5.36. The predicted octanol–water partition coefficient (Wildman–Crippen LogP) is 0.791. The van der Waals surface area contributed by atoms with Gasteiger partial charge in [0.05, 0.1) is 12.7 Å². The predicted molar refractivity (Wildman–Crippen MR) is 60.0 cm³/mol. The number of para-hydroxylation sites is 1. The third-order valence-corrected chi connectivity index (χ3v) is 2.97. The van der Waals surface area contributed by atoms with E-state index in [1.807, 2.05) is 12.1 Å².